The fourth-order valence-corrected chi connectivity index (χ4v) is 4.36. The number of likely N-dealkylation sites (N-methyl/N-ethyl adjacent to an activating group) is 1. The molecule has 0 saturated carbocycles. The molecule has 0 unspecified atom stereocenters. The van der Waals surface area contributed by atoms with Gasteiger partial charge in [-0.05, 0) is 55.8 Å². The van der Waals surface area contributed by atoms with Gasteiger partial charge in [0.2, 0.25) is 11.8 Å². The van der Waals surface area contributed by atoms with Crippen LogP contribution in [-0.2, 0) is 15.8 Å². The third-order valence-corrected chi connectivity index (χ3v) is 6.35. The fourth-order valence-electron chi connectivity index (χ4n) is 4.18. The minimum Gasteiger partial charge on any atom is -0.344 e. The number of rotatable bonds is 5. The van der Waals surface area contributed by atoms with Crippen LogP contribution >= 0.6 is 11.6 Å². The van der Waals surface area contributed by atoms with E-state index in [1.807, 2.05) is 0 Å². The van der Waals surface area contributed by atoms with Crippen LogP contribution in [0.5, 0.6) is 0 Å². The molecule has 0 spiro atoms. The SMILES string of the molecule is Cc1cc(C(F)(F)F)cc(N2C[C@@H](C(=O)Nc3ccccn3)C[C@H]2C(=O)N(C)c2ccc(F)c(Cl)c2)n1. The lowest BCUT2D eigenvalue weighted by molar-refractivity contribution is -0.137. The smallest absolute Gasteiger partial charge is 0.344 e. The minimum atomic E-state index is -4.63. The van der Waals surface area contributed by atoms with Crippen LogP contribution in [-0.4, -0.2) is 41.4 Å². The molecule has 1 saturated heterocycles. The summed E-state index contributed by atoms with van der Waals surface area (Å²) in [5, 5.41) is 2.48. The molecule has 37 heavy (non-hydrogen) atoms. The summed E-state index contributed by atoms with van der Waals surface area (Å²) in [5.41, 5.74) is -0.525. The highest BCUT2D eigenvalue weighted by atomic mass is 35.5. The van der Waals surface area contributed by atoms with Gasteiger partial charge in [0.25, 0.3) is 0 Å². The summed E-state index contributed by atoms with van der Waals surface area (Å²) in [6.45, 7) is 1.37. The average molecular weight is 536 g/mol. The molecule has 0 aliphatic carbocycles. The molecule has 7 nitrogen and oxygen atoms in total. The van der Waals surface area contributed by atoms with Gasteiger partial charge in [0, 0.05) is 31.2 Å². The molecule has 2 aromatic heterocycles. The molecule has 12 heteroatoms. The number of carbonyl (C=O) groups excluding carboxylic acids is 2. The van der Waals surface area contributed by atoms with Crippen LogP contribution in [0.25, 0.3) is 0 Å². The van der Waals surface area contributed by atoms with Crippen LogP contribution in [0.1, 0.15) is 17.7 Å². The Hall–Kier alpha value is -3.73. The molecule has 2 amide bonds. The Bertz CT molecular complexity index is 1320. The summed E-state index contributed by atoms with van der Waals surface area (Å²) >= 11 is 5.87. The number of nitrogens with zero attached hydrogens (tertiary/aromatic N) is 4. The molecule has 1 aliphatic rings. The van der Waals surface area contributed by atoms with Crippen LogP contribution in [0.3, 0.4) is 0 Å². The van der Waals surface area contributed by atoms with Crippen LogP contribution in [0.4, 0.5) is 34.9 Å². The number of aryl methyl sites for hydroxylation is 1. The van der Waals surface area contributed by atoms with E-state index < -0.39 is 41.3 Å². The van der Waals surface area contributed by atoms with Gasteiger partial charge >= 0.3 is 6.18 Å². The Morgan fingerprint density at radius 3 is 2.57 bits per heavy atom. The highest BCUT2D eigenvalue weighted by Gasteiger charge is 2.43. The van der Waals surface area contributed by atoms with E-state index in [-0.39, 0.29) is 35.2 Å². The molecular formula is C25H22ClF4N5O2. The van der Waals surface area contributed by atoms with Gasteiger partial charge < -0.3 is 15.1 Å². The number of benzene rings is 1. The second-order valence-corrected chi connectivity index (χ2v) is 9.06. The zero-order valence-electron chi connectivity index (χ0n) is 19.8. The van der Waals surface area contributed by atoms with Crippen molar-refractivity contribution < 1.29 is 27.2 Å². The van der Waals surface area contributed by atoms with Crippen molar-refractivity contribution in [3.8, 4) is 0 Å². The van der Waals surface area contributed by atoms with E-state index in [0.29, 0.717) is 5.82 Å². The normalized spacial score (nSPS) is 17.5. The number of amides is 2. The Labute approximate surface area is 215 Å². The van der Waals surface area contributed by atoms with E-state index in [4.69, 9.17) is 11.6 Å². The second-order valence-electron chi connectivity index (χ2n) is 8.65. The maximum Gasteiger partial charge on any atom is 0.416 e. The number of alkyl halides is 3. The van der Waals surface area contributed by atoms with Gasteiger partial charge in [-0.1, -0.05) is 17.7 Å². The summed E-state index contributed by atoms with van der Waals surface area (Å²) in [6, 6.07) is 9.45. The van der Waals surface area contributed by atoms with E-state index >= 15 is 0 Å². The van der Waals surface area contributed by atoms with E-state index in [1.165, 1.54) is 42.1 Å². The molecule has 0 bridgehead atoms. The molecule has 194 valence electrons. The van der Waals surface area contributed by atoms with Crippen LogP contribution in [0.15, 0.2) is 54.7 Å². The lowest BCUT2D eigenvalue weighted by Crippen LogP contribution is -2.44. The van der Waals surface area contributed by atoms with Gasteiger partial charge in [0.05, 0.1) is 16.5 Å². The Morgan fingerprint density at radius 2 is 1.92 bits per heavy atom. The van der Waals surface area contributed by atoms with Crippen molar-refractivity contribution in [1.29, 1.82) is 0 Å². The van der Waals surface area contributed by atoms with Gasteiger partial charge in [-0.2, -0.15) is 13.2 Å². The van der Waals surface area contributed by atoms with Crippen molar-refractivity contribution in [2.24, 2.45) is 5.92 Å². The minimum absolute atomic E-state index is 0.00768. The van der Waals surface area contributed by atoms with Gasteiger partial charge in [0.15, 0.2) is 0 Å². The van der Waals surface area contributed by atoms with E-state index in [1.54, 1.807) is 18.2 Å². The van der Waals surface area contributed by atoms with Crippen molar-refractivity contribution in [3.05, 3.63) is 76.8 Å². The molecular weight excluding hydrogens is 514 g/mol. The zero-order valence-corrected chi connectivity index (χ0v) is 20.5. The molecule has 4 rings (SSSR count). The highest BCUT2D eigenvalue weighted by molar-refractivity contribution is 6.31. The number of carbonyl (C=O) groups is 2. The predicted molar refractivity (Wildman–Crippen MR) is 131 cm³/mol. The molecule has 3 aromatic rings. The van der Waals surface area contributed by atoms with Crippen molar-refractivity contribution >= 4 is 40.7 Å². The van der Waals surface area contributed by atoms with Gasteiger partial charge in [-0.15, -0.1) is 0 Å². The molecule has 3 heterocycles. The molecule has 1 fully saturated rings. The van der Waals surface area contributed by atoms with Crippen LogP contribution < -0.4 is 15.1 Å². The molecule has 1 aromatic carbocycles. The van der Waals surface area contributed by atoms with Gasteiger partial charge in [-0.25, -0.2) is 14.4 Å². The average Bonchev–Trinajstić information content (AvgIpc) is 3.30. The number of hydrogen-bond acceptors (Lipinski definition) is 5. The number of halogens is 5. The monoisotopic (exact) mass is 535 g/mol. The molecule has 0 radical (unpaired) electrons. The van der Waals surface area contributed by atoms with E-state index in [9.17, 15) is 27.2 Å². The topological polar surface area (TPSA) is 78.4 Å². The zero-order chi connectivity index (χ0) is 26.9. The maximum atomic E-state index is 13.6. The lowest BCUT2D eigenvalue weighted by atomic mass is 10.0. The third kappa shape index (κ3) is 5.82. The summed E-state index contributed by atoms with van der Waals surface area (Å²) in [5.74, 6) is -2.14. The second kappa shape index (κ2) is 10.3. The van der Waals surface area contributed by atoms with Crippen LogP contribution in [0, 0.1) is 18.7 Å². The third-order valence-electron chi connectivity index (χ3n) is 6.06. The number of nitrogens with one attached hydrogen (secondary N) is 1. The van der Waals surface area contributed by atoms with Gasteiger partial charge in [0.1, 0.15) is 23.5 Å². The van der Waals surface area contributed by atoms with Crippen molar-refractivity contribution in [3.63, 3.8) is 0 Å². The number of aromatic nitrogens is 2. The Kier molecular flexibility index (Phi) is 7.35. The first kappa shape index (κ1) is 26.3. The first-order valence-electron chi connectivity index (χ1n) is 11.2. The van der Waals surface area contributed by atoms with Crippen molar-refractivity contribution in [1.82, 2.24) is 9.97 Å². The standard InChI is InChI=1S/C25H22ClF4N5O2/c1-14-9-16(25(28,29)30)11-22(32-14)35-13-15(23(36)33-21-5-3-4-8-31-21)10-20(35)24(37)34(2)17-6-7-19(27)18(26)12-17/h3-9,11-12,15,20H,10,13H2,1-2H3,(H,31,33,36)/t15-,20-/m0/s1. The Morgan fingerprint density at radius 1 is 1.16 bits per heavy atom. The molecule has 2 atom stereocenters. The summed E-state index contributed by atoms with van der Waals surface area (Å²) < 4.78 is 54.2. The first-order valence-corrected chi connectivity index (χ1v) is 11.6. The first-order chi connectivity index (χ1) is 17.4. The number of pyridine rings is 2. The number of hydrogen-bond donors (Lipinski definition) is 1. The largest absolute Gasteiger partial charge is 0.416 e. The van der Waals surface area contributed by atoms with Crippen molar-refractivity contribution in [2.75, 3.05) is 28.7 Å². The lowest BCUT2D eigenvalue weighted by Gasteiger charge is -2.29. The molecule has 1 aliphatic heterocycles. The maximum absolute atomic E-state index is 13.6. The summed E-state index contributed by atoms with van der Waals surface area (Å²) in [4.78, 5) is 37.5. The van der Waals surface area contributed by atoms with Crippen LogP contribution in [0.2, 0.25) is 5.02 Å². The quantitative estimate of drug-likeness (QED) is 0.460. The number of anilines is 3. The van der Waals surface area contributed by atoms with Crippen molar-refractivity contribution in [2.45, 2.75) is 25.6 Å². The molecule has 1 N–H and O–H groups in total. The van der Waals surface area contributed by atoms with E-state index in [2.05, 4.69) is 15.3 Å². The van der Waals surface area contributed by atoms with E-state index in [0.717, 1.165) is 18.2 Å². The fraction of sp³-hybridized carbons (Fsp3) is 0.280. The highest BCUT2D eigenvalue weighted by Crippen LogP contribution is 2.36. The van der Waals surface area contributed by atoms with Gasteiger partial charge in [-0.3, -0.25) is 9.59 Å². The summed E-state index contributed by atoms with van der Waals surface area (Å²) in [6.07, 6.45) is -3.12. The Balaban J connectivity index is 1.68. The summed E-state index contributed by atoms with van der Waals surface area (Å²) in [7, 11) is 1.44. The predicted octanol–water partition coefficient (Wildman–Crippen LogP) is 5.09.